The number of anilines is 1. The molecule has 1 unspecified atom stereocenters. The summed E-state index contributed by atoms with van der Waals surface area (Å²) in [5.41, 5.74) is 8.58. The summed E-state index contributed by atoms with van der Waals surface area (Å²) in [6.45, 7) is 3.44. The molecule has 0 spiro atoms. The molecular formula is C15H24N2O. The topological polar surface area (TPSA) is 49.5 Å². The van der Waals surface area contributed by atoms with Crippen LogP contribution in [0.5, 0.6) is 0 Å². The summed E-state index contributed by atoms with van der Waals surface area (Å²) < 4.78 is 0. The van der Waals surface area contributed by atoms with Gasteiger partial charge in [0.05, 0.1) is 0 Å². The van der Waals surface area contributed by atoms with E-state index in [0.717, 1.165) is 19.4 Å². The molecular weight excluding hydrogens is 224 g/mol. The summed E-state index contributed by atoms with van der Waals surface area (Å²) in [5, 5.41) is 8.99. The van der Waals surface area contributed by atoms with E-state index in [0.29, 0.717) is 12.6 Å². The van der Waals surface area contributed by atoms with E-state index in [4.69, 9.17) is 10.8 Å². The maximum absolute atomic E-state index is 8.99. The summed E-state index contributed by atoms with van der Waals surface area (Å²) in [6.07, 6.45) is 4.43. The average molecular weight is 248 g/mol. The van der Waals surface area contributed by atoms with E-state index in [1.54, 1.807) is 0 Å². The van der Waals surface area contributed by atoms with E-state index in [9.17, 15) is 0 Å². The molecule has 1 saturated heterocycles. The van der Waals surface area contributed by atoms with Crippen LogP contribution in [0, 0.1) is 0 Å². The van der Waals surface area contributed by atoms with Crippen molar-refractivity contribution >= 4 is 5.69 Å². The minimum absolute atomic E-state index is 0.0697. The Hall–Kier alpha value is -1.06. The third-order valence-electron chi connectivity index (χ3n) is 3.81. The second-order valence-corrected chi connectivity index (χ2v) is 5.20. The van der Waals surface area contributed by atoms with Crippen LogP contribution in [0.25, 0.3) is 0 Å². The number of aliphatic hydroxyl groups excluding tert-OH is 1. The molecule has 2 atom stereocenters. The van der Waals surface area contributed by atoms with E-state index < -0.39 is 0 Å². The zero-order valence-corrected chi connectivity index (χ0v) is 11.2. The highest BCUT2D eigenvalue weighted by molar-refractivity contribution is 5.56. The number of rotatable bonds is 5. The molecule has 1 aliphatic rings. The summed E-state index contributed by atoms with van der Waals surface area (Å²) >= 11 is 0. The first-order valence-electron chi connectivity index (χ1n) is 6.96. The lowest BCUT2D eigenvalue weighted by Gasteiger charge is -2.29. The van der Waals surface area contributed by atoms with Gasteiger partial charge in [-0.1, -0.05) is 18.2 Å². The Bertz CT molecular complexity index is 379. The quantitative estimate of drug-likeness (QED) is 0.841. The first kappa shape index (κ1) is 13.4. The number of nitrogens with zero attached hydrogens (tertiary/aromatic N) is 1. The van der Waals surface area contributed by atoms with Crippen molar-refractivity contribution < 1.29 is 5.11 Å². The minimum Gasteiger partial charge on any atom is -0.396 e. The van der Waals surface area contributed by atoms with Gasteiger partial charge in [0.2, 0.25) is 0 Å². The van der Waals surface area contributed by atoms with Crippen molar-refractivity contribution in [2.45, 2.75) is 44.7 Å². The van der Waals surface area contributed by atoms with Crippen LogP contribution in [0.4, 0.5) is 5.69 Å². The molecule has 18 heavy (non-hydrogen) atoms. The van der Waals surface area contributed by atoms with Crippen molar-refractivity contribution in [3.05, 3.63) is 29.8 Å². The second-order valence-electron chi connectivity index (χ2n) is 5.20. The molecule has 1 aromatic carbocycles. The van der Waals surface area contributed by atoms with Crippen LogP contribution in [-0.4, -0.2) is 24.3 Å². The van der Waals surface area contributed by atoms with Gasteiger partial charge in [0.15, 0.2) is 0 Å². The van der Waals surface area contributed by atoms with Gasteiger partial charge in [0.1, 0.15) is 0 Å². The van der Waals surface area contributed by atoms with Gasteiger partial charge in [-0.3, -0.25) is 0 Å². The number of nitrogens with two attached hydrogens (primary N) is 1. The SMILES string of the molecule is C[C@@H](N)c1ccccc1N1CCCC1CCCO. The van der Waals surface area contributed by atoms with Crippen molar-refractivity contribution in [1.29, 1.82) is 0 Å². The van der Waals surface area contributed by atoms with Gasteiger partial charge in [-0.2, -0.15) is 0 Å². The summed E-state index contributed by atoms with van der Waals surface area (Å²) in [4.78, 5) is 2.48. The molecule has 0 bridgehead atoms. The number of hydrogen-bond donors (Lipinski definition) is 2. The molecule has 0 saturated carbocycles. The highest BCUT2D eigenvalue weighted by Crippen LogP contribution is 2.32. The molecule has 1 heterocycles. The molecule has 0 aliphatic carbocycles. The van der Waals surface area contributed by atoms with E-state index in [1.807, 2.05) is 6.92 Å². The summed E-state index contributed by atoms with van der Waals surface area (Å²) in [7, 11) is 0. The zero-order chi connectivity index (χ0) is 13.0. The third kappa shape index (κ3) is 2.85. The smallest absolute Gasteiger partial charge is 0.0431 e. The molecule has 0 radical (unpaired) electrons. The number of hydrogen-bond acceptors (Lipinski definition) is 3. The van der Waals surface area contributed by atoms with Crippen molar-refractivity contribution in [1.82, 2.24) is 0 Å². The first-order chi connectivity index (χ1) is 8.74. The average Bonchev–Trinajstić information content (AvgIpc) is 2.84. The Balaban J connectivity index is 2.19. The van der Waals surface area contributed by atoms with Crippen molar-refractivity contribution in [2.24, 2.45) is 5.73 Å². The Morgan fingerprint density at radius 3 is 2.94 bits per heavy atom. The number of para-hydroxylation sites is 1. The fourth-order valence-corrected chi connectivity index (χ4v) is 2.91. The van der Waals surface area contributed by atoms with E-state index in [-0.39, 0.29) is 6.04 Å². The first-order valence-corrected chi connectivity index (χ1v) is 6.96. The Kier molecular flexibility index (Phi) is 4.61. The van der Waals surface area contributed by atoms with Gasteiger partial charge in [0.25, 0.3) is 0 Å². The van der Waals surface area contributed by atoms with Gasteiger partial charge in [-0.05, 0) is 44.2 Å². The second kappa shape index (κ2) is 6.21. The highest BCUT2D eigenvalue weighted by Gasteiger charge is 2.26. The predicted octanol–water partition coefficient (Wildman–Crippen LogP) is 2.45. The Labute approximate surface area is 110 Å². The van der Waals surface area contributed by atoms with Gasteiger partial charge < -0.3 is 15.7 Å². The van der Waals surface area contributed by atoms with Crippen molar-refractivity contribution in [3.63, 3.8) is 0 Å². The lowest BCUT2D eigenvalue weighted by atomic mass is 10.0. The van der Waals surface area contributed by atoms with Gasteiger partial charge in [0, 0.05) is 30.9 Å². The minimum atomic E-state index is 0.0697. The van der Waals surface area contributed by atoms with E-state index >= 15 is 0 Å². The van der Waals surface area contributed by atoms with Gasteiger partial charge >= 0.3 is 0 Å². The maximum Gasteiger partial charge on any atom is 0.0431 e. The molecule has 1 fully saturated rings. The Morgan fingerprint density at radius 1 is 1.44 bits per heavy atom. The third-order valence-corrected chi connectivity index (χ3v) is 3.81. The van der Waals surface area contributed by atoms with Crippen LogP contribution in [0.1, 0.15) is 44.2 Å². The van der Waals surface area contributed by atoms with Crippen molar-refractivity contribution in [3.8, 4) is 0 Å². The van der Waals surface area contributed by atoms with Crippen LogP contribution in [0.3, 0.4) is 0 Å². The molecule has 100 valence electrons. The Morgan fingerprint density at radius 2 is 2.22 bits per heavy atom. The van der Waals surface area contributed by atoms with Crippen LogP contribution in [0.2, 0.25) is 0 Å². The molecule has 3 nitrogen and oxygen atoms in total. The van der Waals surface area contributed by atoms with E-state index in [1.165, 1.54) is 24.1 Å². The fourth-order valence-electron chi connectivity index (χ4n) is 2.91. The summed E-state index contributed by atoms with van der Waals surface area (Å²) in [5.74, 6) is 0. The monoisotopic (exact) mass is 248 g/mol. The number of benzene rings is 1. The van der Waals surface area contributed by atoms with Crippen LogP contribution in [-0.2, 0) is 0 Å². The molecule has 1 aliphatic heterocycles. The van der Waals surface area contributed by atoms with Crippen LogP contribution < -0.4 is 10.6 Å². The largest absolute Gasteiger partial charge is 0.396 e. The molecule has 1 aromatic rings. The standard InChI is InChI=1S/C15H24N2O/c1-12(16)14-8-2-3-9-15(14)17-10-4-6-13(17)7-5-11-18/h2-3,8-9,12-13,18H,4-7,10-11,16H2,1H3/t12-,13?/m1/s1. The van der Waals surface area contributed by atoms with Crippen molar-refractivity contribution in [2.75, 3.05) is 18.1 Å². The van der Waals surface area contributed by atoms with Crippen LogP contribution >= 0.6 is 0 Å². The normalized spacial score (nSPS) is 21.3. The highest BCUT2D eigenvalue weighted by atomic mass is 16.2. The lowest BCUT2D eigenvalue weighted by molar-refractivity contribution is 0.279. The molecule has 3 N–H and O–H groups in total. The van der Waals surface area contributed by atoms with Gasteiger partial charge in [-0.15, -0.1) is 0 Å². The molecule has 0 amide bonds. The zero-order valence-electron chi connectivity index (χ0n) is 11.2. The number of aliphatic hydroxyl groups is 1. The maximum atomic E-state index is 8.99. The fraction of sp³-hybridized carbons (Fsp3) is 0.600. The molecule has 2 rings (SSSR count). The lowest BCUT2D eigenvalue weighted by Crippen LogP contribution is -2.30. The van der Waals surface area contributed by atoms with Gasteiger partial charge in [-0.25, -0.2) is 0 Å². The predicted molar refractivity (Wildman–Crippen MR) is 75.7 cm³/mol. The molecule has 3 heteroatoms. The van der Waals surface area contributed by atoms with Crippen LogP contribution in [0.15, 0.2) is 24.3 Å². The molecule has 0 aromatic heterocycles. The summed E-state index contributed by atoms with van der Waals surface area (Å²) in [6, 6.07) is 9.08. The van der Waals surface area contributed by atoms with E-state index in [2.05, 4.69) is 29.2 Å².